The molecular formula is C10H15N5O2. The molecule has 1 saturated heterocycles. The van der Waals surface area contributed by atoms with Crippen molar-refractivity contribution in [1.82, 2.24) is 9.97 Å². The largest absolute Gasteiger partial charge is 0.409 e. The summed E-state index contributed by atoms with van der Waals surface area (Å²) in [5.41, 5.74) is 5.92. The van der Waals surface area contributed by atoms with Crippen LogP contribution in [0.2, 0.25) is 0 Å². The second-order valence-corrected chi connectivity index (χ2v) is 3.93. The third-order valence-corrected chi connectivity index (χ3v) is 2.79. The molecule has 0 aliphatic carbocycles. The molecule has 2 heterocycles. The number of aromatic nitrogens is 2. The summed E-state index contributed by atoms with van der Waals surface area (Å²) in [6, 6.07) is 0. The van der Waals surface area contributed by atoms with E-state index < -0.39 is 0 Å². The maximum atomic E-state index is 9.45. The third-order valence-electron chi connectivity index (χ3n) is 2.79. The van der Waals surface area contributed by atoms with Gasteiger partial charge in [-0.3, -0.25) is 0 Å². The van der Waals surface area contributed by atoms with Crippen LogP contribution in [0.3, 0.4) is 0 Å². The summed E-state index contributed by atoms with van der Waals surface area (Å²) in [4.78, 5) is 10.2. The van der Waals surface area contributed by atoms with Crippen molar-refractivity contribution in [3.63, 3.8) is 0 Å². The van der Waals surface area contributed by atoms with Crippen LogP contribution in [0.25, 0.3) is 0 Å². The van der Waals surface area contributed by atoms with Crippen molar-refractivity contribution in [2.75, 3.05) is 18.0 Å². The Labute approximate surface area is 98.6 Å². The lowest BCUT2D eigenvalue weighted by molar-refractivity contribution is 0.145. The minimum atomic E-state index is -0.254. The van der Waals surface area contributed by atoms with Gasteiger partial charge in [0, 0.05) is 25.5 Å². The van der Waals surface area contributed by atoms with Gasteiger partial charge < -0.3 is 20.9 Å². The predicted molar refractivity (Wildman–Crippen MR) is 62.0 cm³/mol. The monoisotopic (exact) mass is 237 g/mol. The van der Waals surface area contributed by atoms with E-state index in [0.29, 0.717) is 37.4 Å². The van der Waals surface area contributed by atoms with Crippen LogP contribution in [-0.2, 0) is 0 Å². The number of amidine groups is 1. The molecule has 0 saturated carbocycles. The van der Waals surface area contributed by atoms with E-state index in [9.17, 15) is 5.11 Å². The van der Waals surface area contributed by atoms with Gasteiger partial charge in [-0.1, -0.05) is 5.16 Å². The molecule has 7 nitrogen and oxygen atoms in total. The summed E-state index contributed by atoms with van der Waals surface area (Å²) >= 11 is 0. The van der Waals surface area contributed by atoms with E-state index in [-0.39, 0.29) is 11.9 Å². The van der Waals surface area contributed by atoms with Crippen LogP contribution in [0.15, 0.2) is 17.5 Å². The zero-order valence-corrected chi connectivity index (χ0v) is 9.32. The number of anilines is 1. The molecule has 1 fully saturated rings. The SMILES string of the molecule is NC(=NO)c1nccnc1N1CCC(O)CC1. The molecule has 1 aromatic rings. The van der Waals surface area contributed by atoms with Gasteiger partial charge in [0.1, 0.15) is 0 Å². The Morgan fingerprint density at radius 3 is 2.65 bits per heavy atom. The van der Waals surface area contributed by atoms with E-state index >= 15 is 0 Å². The van der Waals surface area contributed by atoms with Gasteiger partial charge in [0.05, 0.1) is 6.10 Å². The van der Waals surface area contributed by atoms with Crippen molar-refractivity contribution in [3.8, 4) is 0 Å². The molecule has 4 N–H and O–H groups in total. The first-order valence-electron chi connectivity index (χ1n) is 5.44. The van der Waals surface area contributed by atoms with E-state index in [1.807, 2.05) is 4.90 Å². The third kappa shape index (κ3) is 2.44. The number of aliphatic hydroxyl groups is 1. The van der Waals surface area contributed by atoms with Crippen LogP contribution < -0.4 is 10.6 Å². The summed E-state index contributed by atoms with van der Waals surface area (Å²) in [7, 11) is 0. The summed E-state index contributed by atoms with van der Waals surface area (Å²) in [5, 5.41) is 21.1. The van der Waals surface area contributed by atoms with Crippen LogP contribution >= 0.6 is 0 Å². The van der Waals surface area contributed by atoms with Gasteiger partial charge in [0.15, 0.2) is 17.3 Å². The number of rotatable bonds is 2. The van der Waals surface area contributed by atoms with Gasteiger partial charge in [0.2, 0.25) is 0 Å². The molecule has 7 heteroatoms. The molecule has 0 radical (unpaired) electrons. The van der Waals surface area contributed by atoms with Gasteiger partial charge >= 0.3 is 0 Å². The Kier molecular flexibility index (Phi) is 3.38. The Morgan fingerprint density at radius 1 is 1.35 bits per heavy atom. The highest BCUT2D eigenvalue weighted by molar-refractivity contribution is 5.99. The van der Waals surface area contributed by atoms with Crippen molar-refractivity contribution >= 4 is 11.7 Å². The molecule has 0 bridgehead atoms. The maximum absolute atomic E-state index is 9.45. The molecule has 1 aliphatic rings. The maximum Gasteiger partial charge on any atom is 0.192 e. The minimum Gasteiger partial charge on any atom is -0.409 e. The van der Waals surface area contributed by atoms with E-state index in [4.69, 9.17) is 10.9 Å². The Balaban J connectivity index is 2.26. The van der Waals surface area contributed by atoms with E-state index in [0.717, 1.165) is 0 Å². The highest BCUT2D eigenvalue weighted by atomic mass is 16.4. The predicted octanol–water partition coefficient (Wildman–Crippen LogP) is -0.468. The fraction of sp³-hybridized carbons (Fsp3) is 0.500. The summed E-state index contributed by atoms with van der Waals surface area (Å²) in [6.07, 6.45) is 4.18. The first-order chi connectivity index (χ1) is 8.22. The van der Waals surface area contributed by atoms with Crippen LogP contribution in [0.4, 0.5) is 5.82 Å². The van der Waals surface area contributed by atoms with Gasteiger partial charge in [-0.05, 0) is 12.8 Å². The smallest absolute Gasteiger partial charge is 0.192 e. The van der Waals surface area contributed by atoms with Gasteiger partial charge in [-0.2, -0.15) is 0 Å². The van der Waals surface area contributed by atoms with Gasteiger partial charge in [-0.25, -0.2) is 9.97 Å². The number of nitrogens with zero attached hydrogens (tertiary/aromatic N) is 4. The van der Waals surface area contributed by atoms with Crippen LogP contribution in [0.5, 0.6) is 0 Å². The summed E-state index contributed by atoms with van der Waals surface area (Å²) in [5.74, 6) is 0.536. The Hall–Kier alpha value is -1.89. The number of hydrogen-bond donors (Lipinski definition) is 3. The number of oxime groups is 1. The van der Waals surface area contributed by atoms with Crippen molar-refractivity contribution in [3.05, 3.63) is 18.1 Å². The molecule has 17 heavy (non-hydrogen) atoms. The van der Waals surface area contributed by atoms with Crippen molar-refractivity contribution in [2.45, 2.75) is 18.9 Å². The van der Waals surface area contributed by atoms with E-state index in [2.05, 4.69) is 15.1 Å². The van der Waals surface area contributed by atoms with E-state index in [1.165, 1.54) is 6.20 Å². The zero-order chi connectivity index (χ0) is 12.3. The lowest BCUT2D eigenvalue weighted by atomic mass is 10.1. The number of nitrogens with two attached hydrogens (primary N) is 1. The van der Waals surface area contributed by atoms with Gasteiger partial charge in [-0.15, -0.1) is 0 Å². The number of aliphatic hydroxyl groups excluding tert-OH is 1. The molecule has 0 aromatic carbocycles. The summed E-state index contributed by atoms with van der Waals surface area (Å²) in [6.45, 7) is 1.37. The van der Waals surface area contributed by atoms with Crippen LogP contribution in [-0.4, -0.2) is 45.3 Å². The Bertz CT molecular complexity index is 415. The molecule has 0 unspecified atom stereocenters. The van der Waals surface area contributed by atoms with Gasteiger partial charge in [0.25, 0.3) is 0 Å². The fourth-order valence-electron chi connectivity index (χ4n) is 1.87. The Morgan fingerprint density at radius 2 is 2.00 bits per heavy atom. The average Bonchev–Trinajstić information content (AvgIpc) is 2.39. The molecular weight excluding hydrogens is 222 g/mol. The second-order valence-electron chi connectivity index (χ2n) is 3.93. The lowest BCUT2D eigenvalue weighted by Crippen LogP contribution is -2.38. The van der Waals surface area contributed by atoms with Crippen molar-refractivity contribution in [1.29, 1.82) is 0 Å². The molecule has 2 rings (SSSR count). The summed E-state index contributed by atoms with van der Waals surface area (Å²) < 4.78 is 0. The minimum absolute atomic E-state index is 0.0563. The van der Waals surface area contributed by atoms with Crippen molar-refractivity contribution < 1.29 is 10.3 Å². The standard InChI is InChI=1S/C10H15N5O2/c11-9(14-17)8-10(13-4-3-12-8)15-5-1-7(16)2-6-15/h3-4,7,16-17H,1-2,5-6H2,(H2,11,14). The highest BCUT2D eigenvalue weighted by Crippen LogP contribution is 2.20. The zero-order valence-electron chi connectivity index (χ0n) is 9.32. The molecule has 0 spiro atoms. The van der Waals surface area contributed by atoms with E-state index in [1.54, 1.807) is 6.20 Å². The quantitative estimate of drug-likeness (QED) is 0.278. The number of hydrogen-bond acceptors (Lipinski definition) is 6. The van der Waals surface area contributed by atoms with Crippen LogP contribution in [0.1, 0.15) is 18.5 Å². The van der Waals surface area contributed by atoms with Crippen molar-refractivity contribution in [2.24, 2.45) is 10.9 Å². The first-order valence-corrected chi connectivity index (χ1v) is 5.44. The fourth-order valence-corrected chi connectivity index (χ4v) is 1.87. The second kappa shape index (κ2) is 4.96. The topological polar surface area (TPSA) is 108 Å². The van der Waals surface area contributed by atoms with Crippen LogP contribution in [0, 0.1) is 0 Å². The molecule has 0 amide bonds. The normalized spacial score (nSPS) is 18.4. The average molecular weight is 237 g/mol. The number of piperidine rings is 1. The molecule has 1 aliphatic heterocycles. The lowest BCUT2D eigenvalue weighted by Gasteiger charge is -2.31. The first kappa shape index (κ1) is 11.6. The molecule has 92 valence electrons. The molecule has 0 atom stereocenters. The highest BCUT2D eigenvalue weighted by Gasteiger charge is 2.22. The molecule has 1 aromatic heterocycles.